The van der Waals surface area contributed by atoms with Crippen LogP contribution in [-0.2, 0) is 4.79 Å². The molecule has 0 atom stereocenters. The zero-order chi connectivity index (χ0) is 11.9. The second-order valence-electron chi connectivity index (χ2n) is 6.44. The average molecular weight is 212 g/mol. The van der Waals surface area contributed by atoms with Crippen LogP contribution in [0.1, 0.15) is 60.3 Å². The van der Waals surface area contributed by atoms with Gasteiger partial charge in [0.25, 0.3) is 0 Å². The summed E-state index contributed by atoms with van der Waals surface area (Å²) >= 11 is 0. The molecule has 0 aromatic heterocycles. The maximum atomic E-state index is 12.3. The van der Waals surface area contributed by atoms with Gasteiger partial charge in [0.1, 0.15) is 5.78 Å². The Balaban J connectivity index is 2.96. The zero-order valence-corrected chi connectivity index (χ0v) is 10.7. The van der Waals surface area contributed by atoms with Gasteiger partial charge in [-0.15, -0.1) is 0 Å². The molecule has 0 heterocycles. The van der Waals surface area contributed by atoms with Gasteiger partial charge in [-0.1, -0.05) is 47.5 Å². The van der Waals surface area contributed by atoms with E-state index in [1.807, 2.05) is 34.6 Å². The third kappa shape index (κ3) is 2.10. The fourth-order valence-corrected chi connectivity index (χ4v) is 2.73. The Kier molecular flexibility index (Phi) is 3.03. The quantitative estimate of drug-likeness (QED) is 0.764. The summed E-state index contributed by atoms with van der Waals surface area (Å²) in [6.45, 7) is 9.57. The van der Waals surface area contributed by atoms with Crippen molar-refractivity contribution in [3.63, 3.8) is 0 Å². The van der Waals surface area contributed by atoms with Crippen LogP contribution in [0.3, 0.4) is 0 Å². The van der Waals surface area contributed by atoms with Crippen LogP contribution in [0.5, 0.6) is 0 Å². The van der Waals surface area contributed by atoms with Crippen LogP contribution in [0.2, 0.25) is 0 Å². The summed E-state index contributed by atoms with van der Waals surface area (Å²) in [5.41, 5.74) is -1.78. The summed E-state index contributed by atoms with van der Waals surface area (Å²) in [4.78, 5) is 12.3. The van der Waals surface area contributed by atoms with Crippen LogP contribution in [0.15, 0.2) is 0 Å². The molecular formula is C13H24O2. The van der Waals surface area contributed by atoms with Crippen molar-refractivity contribution in [1.29, 1.82) is 0 Å². The van der Waals surface area contributed by atoms with Gasteiger partial charge < -0.3 is 5.11 Å². The lowest BCUT2D eigenvalue weighted by atomic mass is 9.64. The van der Waals surface area contributed by atoms with E-state index < -0.39 is 11.0 Å². The largest absolute Gasteiger partial charge is 0.389 e. The van der Waals surface area contributed by atoms with Gasteiger partial charge in [-0.05, 0) is 12.8 Å². The second kappa shape index (κ2) is 3.58. The minimum Gasteiger partial charge on any atom is -0.389 e. The molecule has 1 fully saturated rings. The van der Waals surface area contributed by atoms with Gasteiger partial charge >= 0.3 is 0 Å². The van der Waals surface area contributed by atoms with Crippen molar-refractivity contribution in [2.75, 3.05) is 0 Å². The first-order chi connectivity index (χ1) is 6.61. The second-order valence-corrected chi connectivity index (χ2v) is 6.44. The van der Waals surface area contributed by atoms with E-state index in [0.29, 0.717) is 0 Å². The molecule has 0 amide bonds. The minimum atomic E-state index is -0.780. The number of carbonyl (C=O) groups excluding carboxylic acids is 1. The van der Waals surface area contributed by atoms with Crippen LogP contribution in [0.25, 0.3) is 0 Å². The summed E-state index contributed by atoms with van der Waals surface area (Å²) in [7, 11) is 0. The highest BCUT2D eigenvalue weighted by molar-refractivity contribution is 5.89. The first-order valence-electron chi connectivity index (χ1n) is 5.88. The molecule has 1 aliphatic carbocycles. The molecule has 0 radical (unpaired) electrons. The van der Waals surface area contributed by atoms with Gasteiger partial charge in [-0.2, -0.15) is 0 Å². The topological polar surface area (TPSA) is 37.3 Å². The van der Waals surface area contributed by atoms with Crippen molar-refractivity contribution < 1.29 is 9.90 Å². The predicted molar refractivity (Wildman–Crippen MR) is 61.7 cm³/mol. The predicted octanol–water partition coefficient (Wildman–Crippen LogP) is 2.93. The van der Waals surface area contributed by atoms with Crippen molar-refractivity contribution in [2.24, 2.45) is 10.8 Å². The molecule has 0 saturated heterocycles. The van der Waals surface area contributed by atoms with Crippen molar-refractivity contribution in [2.45, 2.75) is 65.9 Å². The molecule has 1 aliphatic rings. The molecule has 1 saturated carbocycles. The highest BCUT2D eigenvalue weighted by atomic mass is 16.3. The smallest absolute Gasteiger partial charge is 0.146 e. The number of carbonyl (C=O) groups is 1. The Morgan fingerprint density at radius 2 is 1.47 bits per heavy atom. The molecule has 0 aliphatic heterocycles. The van der Waals surface area contributed by atoms with Gasteiger partial charge in [-0.25, -0.2) is 0 Å². The SMILES string of the molecule is CC(C)(C)C(=O)C(C)(C)C1(O)CCCC1. The molecule has 0 aromatic carbocycles. The fraction of sp³-hybridized carbons (Fsp3) is 0.923. The highest BCUT2D eigenvalue weighted by Gasteiger charge is 2.52. The van der Waals surface area contributed by atoms with Crippen molar-refractivity contribution >= 4 is 5.78 Å². The summed E-state index contributed by atoms with van der Waals surface area (Å²) in [5.74, 6) is 0.166. The number of ketones is 1. The number of aliphatic hydroxyl groups is 1. The van der Waals surface area contributed by atoms with E-state index in [0.717, 1.165) is 25.7 Å². The molecule has 0 bridgehead atoms. The lowest BCUT2D eigenvalue weighted by Gasteiger charge is -2.42. The number of hydrogen-bond acceptors (Lipinski definition) is 2. The third-order valence-electron chi connectivity index (χ3n) is 3.84. The van der Waals surface area contributed by atoms with E-state index >= 15 is 0 Å². The van der Waals surface area contributed by atoms with Crippen LogP contribution >= 0.6 is 0 Å². The summed E-state index contributed by atoms with van der Waals surface area (Å²) in [5, 5.41) is 10.5. The summed E-state index contributed by atoms with van der Waals surface area (Å²) < 4.78 is 0. The molecule has 0 spiro atoms. The van der Waals surface area contributed by atoms with Crippen LogP contribution < -0.4 is 0 Å². The maximum Gasteiger partial charge on any atom is 0.146 e. The molecule has 1 rings (SSSR count). The molecule has 1 N–H and O–H groups in total. The van der Waals surface area contributed by atoms with E-state index in [1.165, 1.54) is 0 Å². The first-order valence-corrected chi connectivity index (χ1v) is 5.88. The lowest BCUT2D eigenvalue weighted by molar-refractivity contribution is -0.151. The average Bonchev–Trinajstić information content (AvgIpc) is 2.50. The van der Waals surface area contributed by atoms with Gasteiger partial charge in [0.05, 0.1) is 11.0 Å². The molecule has 88 valence electrons. The van der Waals surface area contributed by atoms with E-state index in [4.69, 9.17) is 0 Å². The zero-order valence-electron chi connectivity index (χ0n) is 10.7. The summed E-state index contributed by atoms with van der Waals surface area (Å²) in [6, 6.07) is 0. The van der Waals surface area contributed by atoms with E-state index in [1.54, 1.807) is 0 Å². The maximum absolute atomic E-state index is 12.3. The van der Waals surface area contributed by atoms with Gasteiger partial charge in [-0.3, -0.25) is 4.79 Å². The van der Waals surface area contributed by atoms with Crippen molar-refractivity contribution in [1.82, 2.24) is 0 Å². The first kappa shape index (κ1) is 12.7. The Hall–Kier alpha value is -0.370. The normalized spacial score (nSPS) is 21.7. The Morgan fingerprint density at radius 3 is 1.80 bits per heavy atom. The fourth-order valence-electron chi connectivity index (χ4n) is 2.73. The van der Waals surface area contributed by atoms with Crippen molar-refractivity contribution in [3.8, 4) is 0 Å². The Bertz CT molecular complexity index is 252. The van der Waals surface area contributed by atoms with E-state index in [-0.39, 0.29) is 11.2 Å². The monoisotopic (exact) mass is 212 g/mol. The van der Waals surface area contributed by atoms with Crippen molar-refractivity contribution in [3.05, 3.63) is 0 Å². The highest BCUT2D eigenvalue weighted by Crippen LogP contribution is 2.46. The lowest BCUT2D eigenvalue weighted by Crippen LogP contribution is -2.51. The molecule has 2 heteroatoms. The van der Waals surface area contributed by atoms with E-state index in [2.05, 4.69) is 0 Å². The molecule has 15 heavy (non-hydrogen) atoms. The van der Waals surface area contributed by atoms with Crippen LogP contribution in [0.4, 0.5) is 0 Å². The molecule has 2 nitrogen and oxygen atoms in total. The van der Waals surface area contributed by atoms with E-state index in [9.17, 15) is 9.90 Å². The Morgan fingerprint density at radius 1 is 1.07 bits per heavy atom. The Labute approximate surface area is 93.1 Å². The van der Waals surface area contributed by atoms with Gasteiger partial charge in [0, 0.05) is 5.41 Å². The van der Waals surface area contributed by atoms with Gasteiger partial charge in [0.15, 0.2) is 0 Å². The third-order valence-corrected chi connectivity index (χ3v) is 3.84. The van der Waals surface area contributed by atoms with Gasteiger partial charge in [0.2, 0.25) is 0 Å². The molecule has 0 unspecified atom stereocenters. The molecule has 0 aromatic rings. The van der Waals surface area contributed by atoms with Crippen LogP contribution in [-0.4, -0.2) is 16.5 Å². The number of Topliss-reactive ketones (excluding diaryl/α,β-unsaturated/α-hetero) is 1. The number of hydrogen-bond donors (Lipinski definition) is 1. The standard InChI is InChI=1S/C13H24O2/c1-11(2,3)10(14)12(4,5)13(15)8-6-7-9-13/h15H,6-9H2,1-5H3. The summed E-state index contributed by atoms with van der Waals surface area (Å²) in [6.07, 6.45) is 3.61. The molecular weight excluding hydrogens is 188 g/mol. The van der Waals surface area contributed by atoms with Crippen LogP contribution in [0, 0.1) is 10.8 Å². The number of rotatable bonds is 2. The minimum absolute atomic E-state index is 0.166.